The quantitative estimate of drug-likeness (QED) is 0.285. The first-order chi connectivity index (χ1) is 6.75. The van der Waals surface area contributed by atoms with Gasteiger partial charge in [-0.3, -0.25) is 0 Å². The number of benzene rings is 1. The van der Waals surface area contributed by atoms with Crippen molar-refractivity contribution < 1.29 is 8.78 Å². The molecule has 0 fully saturated rings. The molecule has 3 nitrogen and oxygen atoms in total. The van der Waals surface area contributed by atoms with E-state index in [9.17, 15) is 8.78 Å². The van der Waals surface area contributed by atoms with E-state index in [1.165, 1.54) is 6.07 Å². The Labute approximate surface area is 79.0 Å². The van der Waals surface area contributed by atoms with Crippen molar-refractivity contribution in [1.29, 1.82) is 0 Å². The van der Waals surface area contributed by atoms with Crippen LogP contribution < -0.4 is 0 Å². The Hall–Kier alpha value is -2.05. The summed E-state index contributed by atoms with van der Waals surface area (Å²) < 4.78 is 25.8. The van der Waals surface area contributed by atoms with Gasteiger partial charge in [0, 0.05) is 4.91 Å². The van der Waals surface area contributed by atoms with E-state index < -0.39 is 11.6 Å². The van der Waals surface area contributed by atoms with Crippen molar-refractivity contribution in [1.82, 2.24) is 0 Å². The lowest BCUT2D eigenvalue weighted by Gasteiger charge is -1.94. The van der Waals surface area contributed by atoms with Gasteiger partial charge in [-0.25, -0.2) is 8.78 Å². The standard InChI is InChI=1S/C9H5F2N3/c10-8-4-1-5-9(11)7(8)3-2-6-13-14-12/h1,4-5H,6H2. The first-order valence-electron chi connectivity index (χ1n) is 3.69. The Morgan fingerprint density at radius 1 is 1.36 bits per heavy atom. The zero-order valence-corrected chi connectivity index (χ0v) is 7.04. The van der Waals surface area contributed by atoms with Crippen LogP contribution in [-0.2, 0) is 0 Å². The minimum Gasteiger partial charge on any atom is -0.206 e. The summed E-state index contributed by atoms with van der Waals surface area (Å²) in [4.78, 5) is 2.45. The van der Waals surface area contributed by atoms with Crippen LogP contribution in [0.2, 0.25) is 0 Å². The highest BCUT2D eigenvalue weighted by molar-refractivity contribution is 5.36. The third-order valence-electron chi connectivity index (χ3n) is 1.39. The van der Waals surface area contributed by atoms with Crippen molar-refractivity contribution in [3.63, 3.8) is 0 Å². The topological polar surface area (TPSA) is 48.8 Å². The summed E-state index contributed by atoms with van der Waals surface area (Å²) in [5, 5.41) is 3.11. The normalized spacial score (nSPS) is 8.43. The number of halogens is 2. The van der Waals surface area contributed by atoms with Crippen LogP contribution in [0.3, 0.4) is 0 Å². The van der Waals surface area contributed by atoms with Crippen molar-refractivity contribution in [2.45, 2.75) is 0 Å². The van der Waals surface area contributed by atoms with Crippen molar-refractivity contribution in [3.05, 3.63) is 45.8 Å². The lowest BCUT2D eigenvalue weighted by Crippen LogP contribution is -1.88. The van der Waals surface area contributed by atoms with Crippen LogP contribution in [0.5, 0.6) is 0 Å². The van der Waals surface area contributed by atoms with Crippen molar-refractivity contribution in [3.8, 4) is 11.8 Å². The molecule has 0 aliphatic rings. The van der Waals surface area contributed by atoms with Gasteiger partial charge >= 0.3 is 0 Å². The fraction of sp³-hybridized carbons (Fsp3) is 0.111. The zero-order chi connectivity index (χ0) is 10.4. The lowest BCUT2D eigenvalue weighted by atomic mass is 10.2. The molecule has 0 saturated carbocycles. The Bertz CT molecular complexity index is 419. The Morgan fingerprint density at radius 3 is 2.57 bits per heavy atom. The maximum atomic E-state index is 12.9. The summed E-state index contributed by atoms with van der Waals surface area (Å²) in [6.07, 6.45) is 0. The molecule has 1 rings (SSSR count). The van der Waals surface area contributed by atoms with Crippen LogP contribution in [0.1, 0.15) is 5.56 Å². The number of nitrogens with zero attached hydrogens (tertiary/aromatic N) is 3. The van der Waals surface area contributed by atoms with Gasteiger partial charge in [0.15, 0.2) is 0 Å². The zero-order valence-electron chi connectivity index (χ0n) is 7.04. The molecule has 0 N–H and O–H groups in total. The second-order valence-electron chi connectivity index (χ2n) is 2.29. The molecule has 70 valence electrons. The average molecular weight is 193 g/mol. The van der Waals surface area contributed by atoms with Gasteiger partial charge in [-0.05, 0) is 17.7 Å². The molecule has 0 unspecified atom stereocenters. The average Bonchev–Trinajstić information content (AvgIpc) is 2.16. The largest absolute Gasteiger partial charge is 0.206 e. The molecule has 0 heterocycles. The second-order valence-corrected chi connectivity index (χ2v) is 2.29. The fourth-order valence-electron chi connectivity index (χ4n) is 0.812. The Kier molecular flexibility index (Phi) is 3.48. The SMILES string of the molecule is [N-]=[N+]=NCC#Cc1c(F)cccc1F. The van der Waals surface area contributed by atoms with Crippen LogP contribution in [0.25, 0.3) is 10.4 Å². The van der Waals surface area contributed by atoms with Gasteiger partial charge in [0.05, 0.1) is 12.1 Å². The third-order valence-corrected chi connectivity index (χ3v) is 1.39. The maximum Gasteiger partial charge on any atom is 0.141 e. The van der Waals surface area contributed by atoms with Crippen molar-refractivity contribution in [2.75, 3.05) is 6.54 Å². The van der Waals surface area contributed by atoms with E-state index in [-0.39, 0.29) is 12.1 Å². The molecule has 0 aromatic heterocycles. The van der Waals surface area contributed by atoms with Crippen molar-refractivity contribution in [2.24, 2.45) is 5.11 Å². The van der Waals surface area contributed by atoms with Crippen LogP contribution in [0.15, 0.2) is 23.3 Å². The molecular weight excluding hydrogens is 188 g/mol. The summed E-state index contributed by atoms with van der Waals surface area (Å²) in [5.74, 6) is 3.14. The van der Waals surface area contributed by atoms with E-state index in [0.29, 0.717) is 0 Å². The maximum absolute atomic E-state index is 12.9. The van der Waals surface area contributed by atoms with Crippen LogP contribution in [0, 0.1) is 23.5 Å². The van der Waals surface area contributed by atoms with E-state index in [2.05, 4.69) is 21.9 Å². The molecule has 1 aromatic carbocycles. The van der Waals surface area contributed by atoms with Gasteiger partial charge < -0.3 is 0 Å². The van der Waals surface area contributed by atoms with Crippen molar-refractivity contribution >= 4 is 0 Å². The minimum absolute atomic E-state index is 0.107. The lowest BCUT2D eigenvalue weighted by molar-refractivity contribution is 0.577. The van der Waals surface area contributed by atoms with Crippen LogP contribution in [0.4, 0.5) is 8.78 Å². The van der Waals surface area contributed by atoms with E-state index in [1.54, 1.807) is 0 Å². The van der Waals surface area contributed by atoms with Gasteiger partial charge in [0.25, 0.3) is 0 Å². The molecule has 0 bridgehead atoms. The molecule has 1 aromatic rings. The molecule has 0 amide bonds. The van der Waals surface area contributed by atoms with Gasteiger partial charge in [0.1, 0.15) is 11.6 Å². The van der Waals surface area contributed by atoms with Crippen LogP contribution in [-0.4, -0.2) is 6.54 Å². The molecule has 0 saturated heterocycles. The second kappa shape index (κ2) is 4.85. The molecule has 0 aliphatic carbocycles. The number of hydrogen-bond donors (Lipinski definition) is 0. The summed E-state index contributed by atoms with van der Waals surface area (Å²) in [6.45, 7) is -0.107. The Balaban J connectivity index is 2.94. The molecular formula is C9H5F2N3. The van der Waals surface area contributed by atoms with E-state index in [4.69, 9.17) is 5.53 Å². The number of hydrogen-bond acceptors (Lipinski definition) is 1. The molecule has 5 heteroatoms. The first-order valence-corrected chi connectivity index (χ1v) is 3.69. The smallest absolute Gasteiger partial charge is 0.141 e. The van der Waals surface area contributed by atoms with E-state index in [1.807, 2.05) is 0 Å². The highest BCUT2D eigenvalue weighted by atomic mass is 19.1. The summed E-state index contributed by atoms with van der Waals surface area (Å²) in [7, 11) is 0. The Morgan fingerprint density at radius 2 is 2.00 bits per heavy atom. The summed E-state index contributed by atoms with van der Waals surface area (Å²) in [6, 6.07) is 3.48. The third kappa shape index (κ3) is 2.47. The van der Waals surface area contributed by atoms with Gasteiger partial charge in [-0.2, -0.15) is 0 Å². The molecule has 0 spiro atoms. The van der Waals surface area contributed by atoms with Gasteiger partial charge in [0.2, 0.25) is 0 Å². The van der Waals surface area contributed by atoms with E-state index >= 15 is 0 Å². The number of rotatable bonds is 1. The molecule has 0 atom stereocenters. The highest BCUT2D eigenvalue weighted by Gasteiger charge is 2.03. The predicted octanol–water partition coefficient (Wildman–Crippen LogP) is 2.63. The monoisotopic (exact) mass is 193 g/mol. The first kappa shape index (κ1) is 10.0. The number of azide groups is 1. The summed E-state index contributed by atoms with van der Waals surface area (Å²) >= 11 is 0. The summed E-state index contributed by atoms with van der Waals surface area (Å²) in [5.41, 5.74) is 7.61. The minimum atomic E-state index is -0.724. The molecule has 0 radical (unpaired) electrons. The van der Waals surface area contributed by atoms with Gasteiger partial charge in [-0.15, -0.1) is 0 Å². The van der Waals surface area contributed by atoms with Gasteiger partial charge in [-0.1, -0.05) is 23.0 Å². The highest BCUT2D eigenvalue weighted by Crippen LogP contribution is 2.09. The molecule has 14 heavy (non-hydrogen) atoms. The van der Waals surface area contributed by atoms with E-state index in [0.717, 1.165) is 12.1 Å². The fourth-order valence-corrected chi connectivity index (χ4v) is 0.812. The predicted molar refractivity (Wildman–Crippen MR) is 47.2 cm³/mol. The van der Waals surface area contributed by atoms with Crippen LogP contribution >= 0.6 is 0 Å². The molecule has 0 aliphatic heterocycles.